The highest BCUT2D eigenvalue weighted by molar-refractivity contribution is 5.94. The van der Waals surface area contributed by atoms with Gasteiger partial charge in [-0.1, -0.05) is 0 Å². The van der Waals surface area contributed by atoms with Gasteiger partial charge in [0.05, 0.1) is 0 Å². The predicted molar refractivity (Wildman–Crippen MR) is 73.2 cm³/mol. The monoisotopic (exact) mass is 260 g/mol. The molecule has 2 saturated carbocycles. The number of amides is 1. The fourth-order valence-electron chi connectivity index (χ4n) is 2.72. The van der Waals surface area contributed by atoms with E-state index in [9.17, 15) is 9.59 Å². The lowest BCUT2D eigenvalue weighted by molar-refractivity contribution is 0.0652. The second kappa shape index (κ2) is 4.51. The van der Waals surface area contributed by atoms with Crippen LogP contribution in [0, 0.1) is 12.8 Å². The summed E-state index contributed by atoms with van der Waals surface area (Å²) in [5.41, 5.74) is 0.804. The molecule has 0 saturated heterocycles. The third kappa shape index (κ3) is 2.44. The van der Waals surface area contributed by atoms with Crippen molar-refractivity contribution in [2.75, 3.05) is 0 Å². The van der Waals surface area contributed by atoms with Gasteiger partial charge in [-0.25, -0.2) is 0 Å². The van der Waals surface area contributed by atoms with Gasteiger partial charge in [0.1, 0.15) is 5.56 Å². The summed E-state index contributed by atoms with van der Waals surface area (Å²) in [5, 5.41) is 0. The van der Waals surface area contributed by atoms with E-state index in [1.54, 1.807) is 12.1 Å². The Balaban J connectivity index is 1.89. The van der Waals surface area contributed by atoms with Gasteiger partial charge in [0, 0.05) is 17.8 Å². The largest absolute Gasteiger partial charge is 0.333 e. The topological polar surface area (TPSA) is 53.2 Å². The van der Waals surface area contributed by atoms with Crippen LogP contribution in [0.4, 0.5) is 0 Å². The number of hydrogen-bond acceptors (Lipinski definition) is 2. The van der Waals surface area contributed by atoms with E-state index in [0.29, 0.717) is 12.0 Å². The summed E-state index contributed by atoms with van der Waals surface area (Å²) in [7, 11) is 0. The highest BCUT2D eigenvalue weighted by Gasteiger charge is 2.42. The minimum absolute atomic E-state index is 0.0943. The molecular formula is C15H20N2O2. The van der Waals surface area contributed by atoms with Crippen LogP contribution in [0.15, 0.2) is 16.9 Å². The maximum Gasteiger partial charge on any atom is 0.260 e. The van der Waals surface area contributed by atoms with Crippen molar-refractivity contribution >= 4 is 5.91 Å². The van der Waals surface area contributed by atoms with E-state index in [2.05, 4.69) is 11.9 Å². The number of rotatable bonds is 4. The van der Waals surface area contributed by atoms with Crippen LogP contribution in [0.5, 0.6) is 0 Å². The first kappa shape index (κ1) is 12.5. The quantitative estimate of drug-likeness (QED) is 0.901. The third-order valence-corrected chi connectivity index (χ3v) is 4.20. The first-order valence-corrected chi connectivity index (χ1v) is 7.10. The normalized spacial score (nSPS) is 20.1. The van der Waals surface area contributed by atoms with Gasteiger partial charge in [0.15, 0.2) is 0 Å². The van der Waals surface area contributed by atoms with Crippen molar-refractivity contribution in [2.24, 2.45) is 5.92 Å². The SMILES string of the molecule is Cc1ccc(C(=O)N(C2CC2)[C@H](C)C2CC2)c(=O)[nH]1. The lowest BCUT2D eigenvalue weighted by Gasteiger charge is -2.29. The highest BCUT2D eigenvalue weighted by Crippen LogP contribution is 2.40. The van der Waals surface area contributed by atoms with Crippen molar-refractivity contribution in [2.45, 2.75) is 51.6 Å². The molecule has 1 aromatic heterocycles. The molecule has 0 bridgehead atoms. The van der Waals surface area contributed by atoms with Crippen molar-refractivity contribution in [1.29, 1.82) is 0 Å². The van der Waals surface area contributed by atoms with Crippen molar-refractivity contribution < 1.29 is 4.79 Å². The Bertz CT molecular complexity index is 556. The van der Waals surface area contributed by atoms with Gasteiger partial charge in [-0.2, -0.15) is 0 Å². The minimum atomic E-state index is -0.265. The average molecular weight is 260 g/mol. The Morgan fingerprint density at radius 1 is 1.32 bits per heavy atom. The number of H-pyrrole nitrogens is 1. The summed E-state index contributed by atoms with van der Waals surface area (Å²) in [4.78, 5) is 29.2. The zero-order valence-corrected chi connectivity index (χ0v) is 11.5. The molecule has 1 N–H and O–H groups in total. The lowest BCUT2D eigenvalue weighted by atomic mass is 10.1. The summed E-state index contributed by atoms with van der Waals surface area (Å²) in [5.74, 6) is 0.539. The summed E-state index contributed by atoms with van der Waals surface area (Å²) < 4.78 is 0. The number of pyridine rings is 1. The van der Waals surface area contributed by atoms with Crippen LogP contribution in [0.2, 0.25) is 0 Å². The van der Waals surface area contributed by atoms with Gasteiger partial charge in [-0.3, -0.25) is 9.59 Å². The van der Waals surface area contributed by atoms with Crippen molar-refractivity contribution in [3.8, 4) is 0 Å². The molecule has 2 aliphatic rings. The average Bonchev–Trinajstić information content (AvgIpc) is 3.22. The van der Waals surface area contributed by atoms with Crippen LogP contribution in [-0.4, -0.2) is 27.9 Å². The number of carbonyl (C=O) groups excluding carboxylic acids is 1. The number of nitrogens with one attached hydrogen (secondary N) is 1. The summed E-state index contributed by atoms with van der Waals surface area (Å²) in [6.07, 6.45) is 4.57. The summed E-state index contributed by atoms with van der Waals surface area (Å²) in [6, 6.07) is 4.07. The molecule has 102 valence electrons. The van der Waals surface area contributed by atoms with E-state index in [1.807, 2.05) is 11.8 Å². The van der Waals surface area contributed by atoms with Gasteiger partial charge in [-0.05, 0) is 57.6 Å². The summed E-state index contributed by atoms with van der Waals surface area (Å²) in [6.45, 7) is 3.94. The van der Waals surface area contributed by atoms with Gasteiger partial charge < -0.3 is 9.88 Å². The molecule has 1 atom stereocenters. The van der Waals surface area contributed by atoms with Gasteiger partial charge in [-0.15, -0.1) is 0 Å². The molecule has 0 aliphatic heterocycles. The fourth-order valence-corrected chi connectivity index (χ4v) is 2.72. The Kier molecular flexibility index (Phi) is 2.96. The van der Waals surface area contributed by atoms with Crippen molar-refractivity contribution in [3.63, 3.8) is 0 Å². The van der Waals surface area contributed by atoms with E-state index in [0.717, 1.165) is 18.5 Å². The van der Waals surface area contributed by atoms with E-state index < -0.39 is 0 Å². The molecule has 0 unspecified atom stereocenters. The maximum atomic E-state index is 12.6. The molecule has 1 heterocycles. The zero-order chi connectivity index (χ0) is 13.6. The van der Waals surface area contributed by atoms with Crippen LogP contribution < -0.4 is 5.56 Å². The Hall–Kier alpha value is -1.58. The molecule has 0 radical (unpaired) electrons. The number of hydrogen-bond donors (Lipinski definition) is 1. The number of aromatic amines is 1. The maximum absolute atomic E-state index is 12.6. The molecule has 1 aromatic rings. The van der Waals surface area contributed by atoms with Crippen LogP contribution in [0.1, 0.15) is 48.7 Å². The van der Waals surface area contributed by atoms with E-state index in [1.165, 1.54) is 12.8 Å². The Morgan fingerprint density at radius 2 is 2.00 bits per heavy atom. The van der Waals surface area contributed by atoms with E-state index >= 15 is 0 Å². The molecule has 3 rings (SSSR count). The van der Waals surface area contributed by atoms with Gasteiger partial charge in [0.25, 0.3) is 11.5 Å². The van der Waals surface area contributed by atoms with Crippen LogP contribution in [0.3, 0.4) is 0 Å². The highest BCUT2D eigenvalue weighted by atomic mass is 16.2. The molecule has 4 heteroatoms. The standard InChI is InChI=1S/C15H20N2O2/c1-9-3-8-13(14(18)16-9)15(19)17(12-6-7-12)10(2)11-4-5-11/h3,8,10-12H,4-7H2,1-2H3,(H,16,18)/t10-/m1/s1. The molecule has 0 aromatic carbocycles. The van der Waals surface area contributed by atoms with E-state index in [4.69, 9.17) is 0 Å². The van der Waals surface area contributed by atoms with Gasteiger partial charge in [0.2, 0.25) is 0 Å². The number of aromatic nitrogens is 1. The second-order valence-electron chi connectivity index (χ2n) is 5.91. The van der Waals surface area contributed by atoms with Crippen molar-refractivity contribution in [3.05, 3.63) is 33.7 Å². The Labute approximate surface area is 112 Å². The molecule has 19 heavy (non-hydrogen) atoms. The van der Waals surface area contributed by atoms with Crippen LogP contribution >= 0.6 is 0 Å². The van der Waals surface area contributed by atoms with Crippen LogP contribution in [-0.2, 0) is 0 Å². The number of nitrogens with zero attached hydrogens (tertiary/aromatic N) is 1. The van der Waals surface area contributed by atoms with Crippen LogP contribution in [0.25, 0.3) is 0 Å². The first-order chi connectivity index (χ1) is 9.08. The molecule has 2 fully saturated rings. The molecule has 0 spiro atoms. The number of carbonyl (C=O) groups is 1. The van der Waals surface area contributed by atoms with E-state index in [-0.39, 0.29) is 23.1 Å². The predicted octanol–water partition coefficient (Wildman–Crippen LogP) is 2.09. The second-order valence-corrected chi connectivity index (χ2v) is 5.91. The molecule has 1 amide bonds. The van der Waals surface area contributed by atoms with Gasteiger partial charge >= 0.3 is 0 Å². The third-order valence-electron chi connectivity index (χ3n) is 4.20. The lowest BCUT2D eigenvalue weighted by Crippen LogP contribution is -2.43. The first-order valence-electron chi connectivity index (χ1n) is 7.10. The smallest absolute Gasteiger partial charge is 0.260 e. The summed E-state index contributed by atoms with van der Waals surface area (Å²) >= 11 is 0. The zero-order valence-electron chi connectivity index (χ0n) is 11.5. The molecule has 4 nitrogen and oxygen atoms in total. The number of aryl methyl sites for hydroxylation is 1. The molecule has 2 aliphatic carbocycles. The van der Waals surface area contributed by atoms with Crippen molar-refractivity contribution in [1.82, 2.24) is 9.88 Å². The fraction of sp³-hybridized carbons (Fsp3) is 0.600. The Morgan fingerprint density at radius 3 is 2.53 bits per heavy atom. The molecular weight excluding hydrogens is 240 g/mol. The minimum Gasteiger partial charge on any atom is -0.333 e.